The number of anilines is 2. The Labute approximate surface area is 161 Å². The van der Waals surface area contributed by atoms with Crippen molar-refractivity contribution in [3.05, 3.63) is 49.4 Å². The summed E-state index contributed by atoms with van der Waals surface area (Å²) >= 11 is 9.65. The first-order chi connectivity index (χ1) is 11.9. The molecule has 1 aromatic heterocycles. The van der Waals surface area contributed by atoms with Gasteiger partial charge in [0.2, 0.25) is 0 Å². The smallest absolute Gasteiger partial charge is 0.294 e. The maximum atomic E-state index is 12.9. The number of nitrogens with one attached hydrogen (secondary N) is 1. The molecular weight excluding hydrogens is 406 g/mol. The van der Waals surface area contributed by atoms with Crippen molar-refractivity contribution in [1.82, 2.24) is 9.55 Å². The Kier molecular flexibility index (Phi) is 7.04. The molecule has 0 aliphatic heterocycles. The average Bonchev–Trinajstić information content (AvgIpc) is 2.55. The van der Waals surface area contributed by atoms with Gasteiger partial charge in [0.15, 0.2) is 5.82 Å². The van der Waals surface area contributed by atoms with Gasteiger partial charge < -0.3 is 14.6 Å². The van der Waals surface area contributed by atoms with Gasteiger partial charge >= 0.3 is 0 Å². The number of aromatic nitrogens is 2. The molecule has 0 fully saturated rings. The van der Waals surface area contributed by atoms with E-state index in [9.17, 15) is 4.79 Å². The van der Waals surface area contributed by atoms with Gasteiger partial charge in [0, 0.05) is 23.0 Å². The Morgan fingerprint density at radius 2 is 1.96 bits per heavy atom. The Hall–Kier alpha value is -1.37. The summed E-state index contributed by atoms with van der Waals surface area (Å²) in [4.78, 5) is 17.1. The molecule has 2 rings (SSSR count). The van der Waals surface area contributed by atoms with E-state index in [4.69, 9.17) is 16.3 Å². The summed E-state index contributed by atoms with van der Waals surface area (Å²) in [5.74, 6) is 0.218. The van der Waals surface area contributed by atoms with Crippen molar-refractivity contribution in [2.75, 3.05) is 18.5 Å². The molecule has 1 atom stereocenters. The topological polar surface area (TPSA) is 56.1 Å². The van der Waals surface area contributed by atoms with Crippen LogP contribution in [0, 0.1) is 13.8 Å². The molecule has 1 aromatic carbocycles. The number of aryl methyl sites for hydroxylation is 2. The maximum absolute atomic E-state index is 12.9. The summed E-state index contributed by atoms with van der Waals surface area (Å²) in [7, 11) is 0. The number of hydrogen-bond acceptors (Lipinski definition) is 4. The van der Waals surface area contributed by atoms with E-state index in [2.05, 4.69) is 26.2 Å². The van der Waals surface area contributed by atoms with Crippen molar-refractivity contribution in [2.24, 2.45) is 0 Å². The number of hydrogen-bond donors (Lipinski definition) is 1. The van der Waals surface area contributed by atoms with Crippen LogP contribution in [0.2, 0.25) is 5.15 Å². The molecule has 2 aromatic rings. The van der Waals surface area contributed by atoms with E-state index in [1.165, 1.54) is 0 Å². The fourth-order valence-corrected chi connectivity index (χ4v) is 3.58. The highest BCUT2D eigenvalue weighted by molar-refractivity contribution is 9.10. The zero-order chi connectivity index (χ0) is 18.6. The number of halogens is 2. The molecule has 0 radical (unpaired) electrons. The van der Waals surface area contributed by atoms with Gasteiger partial charge in [0.1, 0.15) is 5.15 Å². The van der Waals surface area contributed by atoms with Gasteiger partial charge in [0.05, 0.1) is 12.6 Å². The minimum absolute atomic E-state index is 0.0828. The number of benzene rings is 1. The summed E-state index contributed by atoms with van der Waals surface area (Å²) < 4.78 is 8.10. The van der Waals surface area contributed by atoms with Crippen LogP contribution in [0.3, 0.4) is 0 Å². The minimum Gasteiger partial charge on any atom is -0.380 e. The van der Waals surface area contributed by atoms with Gasteiger partial charge in [-0.2, -0.15) is 0 Å². The lowest BCUT2D eigenvalue weighted by Gasteiger charge is -2.20. The molecular formula is C18H23BrClN3O2. The molecule has 25 heavy (non-hydrogen) atoms. The van der Waals surface area contributed by atoms with Crippen LogP contribution in [-0.4, -0.2) is 22.8 Å². The van der Waals surface area contributed by atoms with Crippen molar-refractivity contribution >= 4 is 39.0 Å². The Bertz CT molecular complexity index is 784. The van der Waals surface area contributed by atoms with Crippen LogP contribution in [0.1, 0.15) is 37.4 Å². The highest BCUT2D eigenvalue weighted by Crippen LogP contribution is 2.27. The molecule has 0 amide bonds. The van der Waals surface area contributed by atoms with E-state index in [0.717, 1.165) is 27.7 Å². The largest absolute Gasteiger partial charge is 0.380 e. The lowest BCUT2D eigenvalue weighted by molar-refractivity contribution is 0.110. The lowest BCUT2D eigenvalue weighted by atomic mass is 10.1. The standard InChI is InChI=1S/C18H23BrClN3O2/c1-5-14(10-25-6-2)23-9-15(20)21-17(18(23)24)22-16-11(3)7-13(19)8-12(16)4/h7-9,14H,5-6,10H2,1-4H3,(H,21,22). The van der Waals surface area contributed by atoms with E-state index in [-0.39, 0.29) is 22.6 Å². The molecule has 0 aliphatic rings. The van der Waals surface area contributed by atoms with Gasteiger partial charge in [-0.15, -0.1) is 0 Å². The van der Waals surface area contributed by atoms with Crippen molar-refractivity contribution in [3.8, 4) is 0 Å². The van der Waals surface area contributed by atoms with Gasteiger partial charge in [-0.05, 0) is 50.5 Å². The average molecular weight is 429 g/mol. The molecule has 0 bridgehead atoms. The lowest BCUT2D eigenvalue weighted by Crippen LogP contribution is -2.29. The highest BCUT2D eigenvalue weighted by Gasteiger charge is 2.16. The normalized spacial score (nSPS) is 12.2. The quantitative estimate of drug-likeness (QED) is 0.673. The number of rotatable bonds is 7. The zero-order valence-corrected chi connectivity index (χ0v) is 17.2. The molecule has 0 saturated carbocycles. The van der Waals surface area contributed by atoms with Crippen LogP contribution < -0.4 is 10.9 Å². The molecule has 1 unspecified atom stereocenters. The van der Waals surface area contributed by atoms with Crippen LogP contribution in [-0.2, 0) is 4.74 Å². The predicted molar refractivity (Wildman–Crippen MR) is 106 cm³/mol. The van der Waals surface area contributed by atoms with E-state index in [0.29, 0.717) is 13.2 Å². The first-order valence-electron chi connectivity index (χ1n) is 8.27. The maximum Gasteiger partial charge on any atom is 0.294 e. The van der Waals surface area contributed by atoms with Crippen LogP contribution in [0.4, 0.5) is 11.5 Å². The fraction of sp³-hybridized carbons (Fsp3) is 0.444. The van der Waals surface area contributed by atoms with Gasteiger partial charge in [-0.1, -0.05) is 34.5 Å². The van der Waals surface area contributed by atoms with Crippen LogP contribution in [0.15, 0.2) is 27.6 Å². The highest BCUT2D eigenvalue weighted by atomic mass is 79.9. The molecule has 1 heterocycles. The third-order valence-electron chi connectivity index (χ3n) is 4.02. The number of nitrogens with zero attached hydrogens (tertiary/aromatic N) is 2. The molecule has 5 nitrogen and oxygen atoms in total. The second-order valence-corrected chi connectivity index (χ2v) is 7.19. The van der Waals surface area contributed by atoms with E-state index >= 15 is 0 Å². The summed E-state index contributed by atoms with van der Waals surface area (Å²) in [5.41, 5.74) is 2.68. The van der Waals surface area contributed by atoms with Crippen molar-refractivity contribution in [3.63, 3.8) is 0 Å². The second-order valence-electron chi connectivity index (χ2n) is 5.89. The van der Waals surface area contributed by atoms with E-state index in [1.54, 1.807) is 10.8 Å². The Morgan fingerprint density at radius 3 is 2.52 bits per heavy atom. The third-order valence-corrected chi connectivity index (χ3v) is 4.66. The van der Waals surface area contributed by atoms with E-state index in [1.807, 2.05) is 39.8 Å². The van der Waals surface area contributed by atoms with Gasteiger partial charge in [0.25, 0.3) is 5.56 Å². The first kappa shape index (κ1) is 19.9. The third kappa shape index (κ3) is 4.84. The SMILES string of the molecule is CCOCC(CC)n1cc(Cl)nc(Nc2c(C)cc(Br)cc2C)c1=O. The van der Waals surface area contributed by atoms with Crippen molar-refractivity contribution in [2.45, 2.75) is 40.2 Å². The molecule has 7 heteroatoms. The second kappa shape index (κ2) is 8.83. The van der Waals surface area contributed by atoms with Crippen LogP contribution >= 0.6 is 27.5 Å². The van der Waals surface area contributed by atoms with Crippen molar-refractivity contribution in [1.29, 1.82) is 0 Å². The van der Waals surface area contributed by atoms with Crippen LogP contribution in [0.25, 0.3) is 0 Å². The van der Waals surface area contributed by atoms with Crippen molar-refractivity contribution < 1.29 is 4.74 Å². The summed E-state index contributed by atoms with van der Waals surface area (Å²) in [5, 5.41) is 3.43. The monoisotopic (exact) mass is 427 g/mol. The summed E-state index contributed by atoms with van der Waals surface area (Å²) in [6.07, 6.45) is 2.33. The van der Waals surface area contributed by atoms with Gasteiger partial charge in [-0.25, -0.2) is 4.98 Å². The zero-order valence-electron chi connectivity index (χ0n) is 14.9. The van der Waals surface area contributed by atoms with Gasteiger partial charge in [-0.3, -0.25) is 4.79 Å². The first-order valence-corrected chi connectivity index (χ1v) is 9.44. The fourth-order valence-electron chi connectivity index (χ4n) is 2.71. The molecule has 136 valence electrons. The predicted octanol–water partition coefficient (Wildman–Crippen LogP) is 5.01. The van der Waals surface area contributed by atoms with E-state index < -0.39 is 0 Å². The Morgan fingerprint density at radius 1 is 1.32 bits per heavy atom. The molecule has 1 N–H and O–H groups in total. The molecule has 0 aliphatic carbocycles. The number of ether oxygens (including phenoxy) is 1. The Balaban J connectivity index is 2.45. The molecule has 0 spiro atoms. The minimum atomic E-state index is -0.210. The summed E-state index contributed by atoms with van der Waals surface area (Å²) in [6, 6.07) is 3.89. The summed E-state index contributed by atoms with van der Waals surface area (Å²) in [6.45, 7) is 8.97. The molecule has 0 saturated heterocycles. The van der Waals surface area contributed by atoms with Crippen LogP contribution in [0.5, 0.6) is 0 Å².